The maximum atomic E-state index is 12.8. The molecule has 0 saturated carbocycles. The van der Waals surface area contributed by atoms with Crippen LogP contribution >= 0.6 is 0 Å². The minimum Gasteiger partial charge on any atom is -0.334 e. The third-order valence-corrected chi connectivity index (χ3v) is 4.18. The Morgan fingerprint density at radius 1 is 1.04 bits per heavy atom. The van der Waals surface area contributed by atoms with E-state index in [-0.39, 0.29) is 24.8 Å². The zero-order chi connectivity index (χ0) is 17.6. The molecule has 2 aromatic carbocycles. The first-order valence-corrected chi connectivity index (χ1v) is 8.28. The van der Waals surface area contributed by atoms with Gasteiger partial charge in [-0.25, -0.2) is 9.18 Å². The molecule has 6 heteroatoms. The molecule has 3 rings (SSSR count). The Morgan fingerprint density at radius 3 is 2.60 bits per heavy atom. The lowest BCUT2D eigenvalue weighted by atomic mass is 10.0. The summed E-state index contributed by atoms with van der Waals surface area (Å²) in [6.45, 7) is 0.866. The molecule has 25 heavy (non-hydrogen) atoms. The van der Waals surface area contributed by atoms with Crippen molar-refractivity contribution in [3.8, 4) is 0 Å². The van der Waals surface area contributed by atoms with Crippen molar-refractivity contribution >= 4 is 17.6 Å². The highest BCUT2D eigenvalue weighted by Crippen LogP contribution is 2.26. The normalized spacial score (nSPS) is 13.1. The lowest BCUT2D eigenvalue weighted by Crippen LogP contribution is -2.45. The largest absolute Gasteiger partial charge is 0.334 e. The first-order chi connectivity index (χ1) is 12.1. The molecular formula is C19H20FN3O2. The van der Waals surface area contributed by atoms with Crippen molar-refractivity contribution in [3.63, 3.8) is 0 Å². The SMILES string of the molecule is O=C(NCC(=O)N1CCCc2ccccc21)NCc1ccc(F)cc1. The highest BCUT2D eigenvalue weighted by molar-refractivity contribution is 5.97. The molecular weight excluding hydrogens is 321 g/mol. The summed E-state index contributed by atoms with van der Waals surface area (Å²) >= 11 is 0. The number of carbonyl (C=O) groups excluding carboxylic acids is 2. The molecule has 0 fully saturated rings. The van der Waals surface area contributed by atoms with Crippen molar-refractivity contribution in [2.24, 2.45) is 0 Å². The van der Waals surface area contributed by atoms with Crippen LogP contribution in [0.1, 0.15) is 17.5 Å². The van der Waals surface area contributed by atoms with Crippen LogP contribution in [0.4, 0.5) is 14.9 Å². The van der Waals surface area contributed by atoms with Crippen LogP contribution in [0.25, 0.3) is 0 Å². The van der Waals surface area contributed by atoms with Crippen LogP contribution in [0, 0.1) is 5.82 Å². The van der Waals surface area contributed by atoms with Gasteiger partial charge in [-0.3, -0.25) is 4.79 Å². The van der Waals surface area contributed by atoms with E-state index in [0.29, 0.717) is 6.54 Å². The molecule has 130 valence electrons. The Labute approximate surface area is 145 Å². The van der Waals surface area contributed by atoms with Crippen molar-refractivity contribution in [1.82, 2.24) is 10.6 Å². The fourth-order valence-electron chi connectivity index (χ4n) is 2.89. The Bertz CT molecular complexity index is 762. The van der Waals surface area contributed by atoms with Gasteiger partial charge in [0.15, 0.2) is 0 Å². The van der Waals surface area contributed by atoms with Crippen LogP contribution in [0.2, 0.25) is 0 Å². The summed E-state index contributed by atoms with van der Waals surface area (Å²) < 4.78 is 12.8. The van der Waals surface area contributed by atoms with Gasteiger partial charge in [0, 0.05) is 18.8 Å². The quantitative estimate of drug-likeness (QED) is 0.898. The molecule has 2 N–H and O–H groups in total. The maximum absolute atomic E-state index is 12.8. The summed E-state index contributed by atoms with van der Waals surface area (Å²) in [6, 6.07) is 13.3. The summed E-state index contributed by atoms with van der Waals surface area (Å²) in [7, 11) is 0. The number of urea groups is 1. The van der Waals surface area contributed by atoms with Crippen molar-refractivity contribution in [3.05, 3.63) is 65.5 Å². The van der Waals surface area contributed by atoms with Crippen molar-refractivity contribution in [2.45, 2.75) is 19.4 Å². The predicted octanol–water partition coefficient (Wildman–Crippen LogP) is 2.60. The summed E-state index contributed by atoms with van der Waals surface area (Å²) in [4.78, 5) is 26.0. The zero-order valence-electron chi connectivity index (χ0n) is 13.8. The predicted molar refractivity (Wildman–Crippen MR) is 93.8 cm³/mol. The van der Waals surface area contributed by atoms with Gasteiger partial charge in [-0.15, -0.1) is 0 Å². The summed E-state index contributed by atoms with van der Waals surface area (Å²) in [6.07, 6.45) is 1.88. The van der Waals surface area contributed by atoms with Gasteiger partial charge in [0.2, 0.25) is 5.91 Å². The second kappa shape index (κ2) is 7.79. The summed E-state index contributed by atoms with van der Waals surface area (Å²) in [5.74, 6) is -0.454. The number of rotatable bonds is 4. The second-order valence-electron chi connectivity index (χ2n) is 5.94. The van der Waals surface area contributed by atoms with Gasteiger partial charge in [-0.1, -0.05) is 30.3 Å². The van der Waals surface area contributed by atoms with Crippen LogP contribution in [0.15, 0.2) is 48.5 Å². The molecule has 0 radical (unpaired) electrons. The van der Waals surface area contributed by atoms with E-state index >= 15 is 0 Å². The fraction of sp³-hybridized carbons (Fsp3) is 0.263. The highest BCUT2D eigenvalue weighted by Gasteiger charge is 2.22. The number of para-hydroxylation sites is 1. The van der Waals surface area contributed by atoms with E-state index in [1.54, 1.807) is 17.0 Å². The van der Waals surface area contributed by atoms with Crippen molar-refractivity contribution in [1.29, 1.82) is 0 Å². The van der Waals surface area contributed by atoms with Gasteiger partial charge in [-0.2, -0.15) is 0 Å². The van der Waals surface area contributed by atoms with Gasteiger partial charge in [0.05, 0.1) is 6.54 Å². The average molecular weight is 341 g/mol. The van der Waals surface area contributed by atoms with E-state index in [2.05, 4.69) is 10.6 Å². The van der Waals surface area contributed by atoms with E-state index in [4.69, 9.17) is 0 Å². The van der Waals surface area contributed by atoms with E-state index in [1.807, 2.05) is 24.3 Å². The van der Waals surface area contributed by atoms with Crippen LogP contribution < -0.4 is 15.5 Å². The average Bonchev–Trinajstić information content (AvgIpc) is 2.65. The van der Waals surface area contributed by atoms with Crippen LogP contribution in [0.3, 0.4) is 0 Å². The number of fused-ring (bicyclic) bond motifs is 1. The van der Waals surface area contributed by atoms with Gasteiger partial charge < -0.3 is 15.5 Å². The number of benzene rings is 2. The molecule has 0 unspecified atom stereocenters. The molecule has 3 amide bonds. The van der Waals surface area contributed by atoms with Gasteiger partial charge >= 0.3 is 6.03 Å². The number of carbonyl (C=O) groups is 2. The third-order valence-electron chi connectivity index (χ3n) is 4.18. The summed E-state index contributed by atoms with van der Waals surface area (Å²) in [5, 5.41) is 5.23. The molecule has 0 bridgehead atoms. The fourth-order valence-corrected chi connectivity index (χ4v) is 2.89. The lowest BCUT2D eigenvalue weighted by Gasteiger charge is -2.29. The van der Waals surface area contributed by atoms with E-state index < -0.39 is 6.03 Å². The summed E-state index contributed by atoms with van der Waals surface area (Å²) in [5.41, 5.74) is 2.86. The Kier molecular flexibility index (Phi) is 5.28. The van der Waals surface area contributed by atoms with E-state index in [1.165, 1.54) is 12.1 Å². The first kappa shape index (κ1) is 17.0. The molecule has 1 aliphatic rings. The van der Waals surface area contributed by atoms with Crippen LogP contribution in [-0.2, 0) is 17.8 Å². The van der Waals surface area contributed by atoms with Crippen LogP contribution in [0.5, 0.6) is 0 Å². The molecule has 1 heterocycles. The zero-order valence-corrected chi connectivity index (χ0v) is 13.8. The number of amides is 3. The van der Waals surface area contributed by atoms with Gasteiger partial charge in [-0.05, 0) is 42.2 Å². The molecule has 0 aromatic heterocycles. The third kappa shape index (κ3) is 4.35. The number of nitrogens with zero attached hydrogens (tertiary/aromatic N) is 1. The minimum atomic E-state index is -0.428. The van der Waals surface area contributed by atoms with Gasteiger partial charge in [0.25, 0.3) is 0 Å². The lowest BCUT2D eigenvalue weighted by molar-refractivity contribution is -0.117. The Morgan fingerprint density at radius 2 is 1.80 bits per heavy atom. The molecule has 0 spiro atoms. The number of nitrogens with one attached hydrogen (secondary N) is 2. The standard InChI is InChI=1S/C19H20FN3O2/c20-16-9-7-14(8-10-16)12-21-19(25)22-13-18(24)23-11-3-5-15-4-1-2-6-17(15)23/h1-2,4,6-10H,3,5,11-13H2,(H2,21,22,25). The number of hydrogen-bond acceptors (Lipinski definition) is 2. The highest BCUT2D eigenvalue weighted by atomic mass is 19.1. The Balaban J connectivity index is 1.49. The smallest absolute Gasteiger partial charge is 0.315 e. The number of halogens is 1. The van der Waals surface area contributed by atoms with E-state index in [0.717, 1.165) is 29.7 Å². The molecule has 1 aliphatic heterocycles. The number of anilines is 1. The maximum Gasteiger partial charge on any atom is 0.315 e. The van der Waals surface area contributed by atoms with E-state index in [9.17, 15) is 14.0 Å². The molecule has 0 aliphatic carbocycles. The number of hydrogen-bond donors (Lipinski definition) is 2. The second-order valence-corrected chi connectivity index (χ2v) is 5.94. The topological polar surface area (TPSA) is 61.4 Å². The van der Waals surface area contributed by atoms with Gasteiger partial charge in [0.1, 0.15) is 5.82 Å². The van der Waals surface area contributed by atoms with Crippen molar-refractivity contribution in [2.75, 3.05) is 18.0 Å². The van der Waals surface area contributed by atoms with Crippen LogP contribution in [-0.4, -0.2) is 25.0 Å². The monoisotopic (exact) mass is 341 g/mol. The van der Waals surface area contributed by atoms with Crippen molar-refractivity contribution < 1.29 is 14.0 Å². The number of aryl methyl sites for hydroxylation is 1. The molecule has 0 atom stereocenters. The molecule has 5 nitrogen and oxygen atoms in total. The molecule has 2 aromatic rings. The minimum absolute atomic E-state index is 0.0659. The first-order valence-electron chi connectivity index (χ1n) is 8.28. The molecule has 0 saturated heterocycles. The Hall–Kier alpha value is -2.89.